The highest BCUT2D eigenvalue weighted by atomic mass is 16.3. The van der Waals surface area contributed by atoms with E-state index in [1.807, 2.05) is 18.2 Å². The zero-order chi connectivity index (χ0) is 18.8. The molecule has 26 heavy (non-hydrogen) atoms. The summed E-state index contributed by atoms with van der Waals surface area (Å²) in [6.07, 6.45) is 6.39. The van der Waals surface area contributed by atoms with Gasteiger partial charge in [-0.05, 0) is 54.6 Å². The van der Waals surface area contributed by atoms with E-state index >= 15 is 0 Å². The molecule has 2 aromatic carbocycles. The van der Waals surface area contributed by atoms with Crippen molar-refractivity contribution in [1.82, 2.24) is 0 Å². The molecular weight excluding hydrogens is 316 g/mol. The first-order chi connectivity index (χ1) is 12.5. The molecule has 0 saturated heterocycles. The summed E-state index contributed by atoms with van der Waals surface area (Å²) in [5, 5.41) is 10.4. The molecule has 1 heteroatoms. The minimum atomic E-state index is -0.224. The Labute approximate surface area is 160 Å². The molecule has 0 aromatic heterocycles. The minimum Gasteiger partial charge on any atom is -0.393 e. The molecule has 0 radical (unpaired) electrons. The average molecular weight is 353 g/mol. The lowest BCUT2D eigenvalue weighted by atomic mass is 9.84. The Kier molecular flexibility index (Phi) is 8.91. The van der Waals surface area contributed by atoms with Crippen LogP contribution in [0.15, 0.2) is 60.7 Å². The summed E-state index contributed by atoms with van der Waals surface area (Å²) < 4.78 is 0. The van der Waals surface area contributed by atoms with Crippen molar-refractivity contribution in [3.63, 3.8) is 0 Å². The molecule has 2 aromatic rings. The molecule has 2 rings (SSSR count). The van der Waals surface area contributed by atoms with Crippen molar-refractivity contribution in [3.8, 4) is 0 Å². The smallest absolute Gasteiger partial charge is 0.0583 e. The maximum Gasteiger partial charge on any atom is 0.0583 e. The highest BCUT2D eigenvalue weighted by Gasteiger charge is 2.16. The highest BCUT2D eigenvalue weighted by molar-refractivity contribution is 5.16. The molecule has 3 atom stereocenters. The Bertz CT molecular complexity index is 590. The molecular formula is C25H36O. The third-order valence-electron chi connectivity index (χ3n) is 5.54. The highest BCUT2D eigenvalue weighted by Crippen LogP contribution is 2.25. The van der Waals surface area contributed by atoms with Gasteiger partial charge in [-0.25, -0.2) is 0 Å². The van der Waals surface area contributed by atoms with Crippen LogP contribution in [0, 0.1) is 17.8 Å². The van der Waals surface area contributed by atoms with Gasteiger partial charge in [-0.15, -0.1) is 0 Å². The molecule has 0 aliphatic heterocycles. The van der Waals surface area contributed by atoms with E-state index in [0.717, 1.165) is 18.8 Å². The summed E-state index contributed by atoms with van der Waals surface area (Å²) in [7, 11) is 0. The normalized spacial score (nSPS) is 15.0. The molecule has 0 bridgehead atoms. The number of aliphatic hydroxyl groups excluding tert-OH is 1. The molecule has 0 spiro atoms. The fourth-order valence-corrected chi connectivity index (χ4v) is 3.87. The topological polar surface area (TPSA) is 20.2 Å². The molecule has 0 amide bonds. The largest absolute Gasteiger partial charge is 0.393 e. The first-order valence-electron chi connectivity index (χ1n) is 10.3. The van der Waals surface area contributed by atoms with E-state index in [2.05, 4.69) is 63.2 Å². The Morgan fingerprint density at radius 3 is 1.81 bits per heavy atom. The van der Waals surface area contributed by atoms with Crippen LogP contribution in [0.4, 0.5) is 0 Å². The van der Waals surface area contributed by atoms with E-state index in [9.17, 15) is 5.11 Å². The van der Waals surface area contributed by atoms with Crippen LogP contribution < -0.4 is 0 Å². The summed E-state index contributed by atoms with van der Waals surface area (Å²) in [5.74, 6) is 2.05. The first kappa shape index (κ1) is 20.7. The van der Waals surface area contributed by atoms with Gasteiger partial charge in [0.15, 0.2) is 0 Å². The predicted molar refractivity (Wildman–Crippen MR) is 112 cm³/mol. The molecule has 0 heterocycles. The SMILES string of the molecule is CC(C)[C@@H](CCC[C@@H](C)C[C@@H](O)Cc1ccccc1)Cc1ccccc1. The van der Waals surface area contributed by atoms with Crippen LogP contribution in [0.5, 0.6) is 0 Å². The van der Waals surface area contributed by atoms with Gasteiger partial charge in [0.1, 0.15) is 0 Å². The fourth-order valence-electron chi connectivity index (χ4n) is 3.87. The average Bonchev–Trinajstić information content (AvgIpc) is 2.62. The van der Waals surface area contributed by atoms with Crippen molar-refractivity contribution in [2.45, 2.75) is 65.4 Å². The van der Waals surface area contributed by atoms with Crippen molar-refractivity contribution in [2.24, 2.45) is 17.8 Å². The Morgan fingerprint density at radius 2 is 1.27 bits per heavy atom. The lowest BCUT2D eigenvalue weighted by molar-refractivity contribution is 0.142. The van der Waals surface area contributed by atoms with Crippen molar-refractivity contribution < 1.29 is 5.11 Å². The van der Waals surface area contributed by atoms with Crippen molar-refractivity contribution >= 4 is 0 Å². The second-order valence-electron chi connectivity index (χ2n) is 8.31. The van der Waals surface area contributed by atoms with Gasteiger partial charge in [-0.2, -0.15) is 0 Å². The maximum atomic E-state index is 10.4. The number of aliphatic hydroxyl groups is 1. The summed E-state index contributed by atoms with van der Waals surface area (Å²) in [4.78, 5) is 0. The van der Waals surface area contributed by atoms with E-state index in [1.54, 1.807) is 0 Å². The third-order valence-corrected chi connectivity index (χ3v) is 5.54. The second-order valence-corrected chi connectivity index (χ2v) is 8.31. The van der Waals surface area contributed by atoms with Gasteiger partial charge in [0.2, 0.25) is 0 Å². The van der Waals surface area contributed by atoms with Crippen LogP contribution in [0.2, 0.25) is 0 Å². The van der Waals surface area contributed by atoms with Crippen molar-refractivity contribution in [3.05, 3.63) is 71.8 Å². The van der Waals surface area contributed by atoms with Gasteiger partial charge < -0.3 is 5.11 Å². The van der Waals surface area contributed by atoms with Crippen LogP contribution in [0.3, 0.4) is 0 Å². The van der Waals surface area contributed by atoms with Crippen LogP contribution >= 0.6 is 0 Å². The number of rotatable bonds is 11. The molecule has 1 nitrogen and oxygen atoms in total. The Hall–Kier alpha value is -1.60. The molecule has 0 aliphatic carbocycles. The van der Waals surface area contributed by atoms with Gasteiger partial charge in [0.25, 0.3) is 0 Å². The van der Waals surface area contributed by atoms with E-state index in [1.165, 1.54) is 36.8 Å². The lowest BCUT2D eigenvalue weighted by Gasteiger charge is -2.22. The summed E-state index contributed by atoms with van der Waals surface area (Å²) in [6.45, 7) is 6.98. The first-order valence-corrected chi connectivity index (χ1v) is 10.3. The van der Waals surface area contributed by atoms with Gasteiger partial charge >= 0.3 is 0 Å². The monoisotopic (exact) mass is 352 g/mol. The van der Waals surface area contributed by atoms with Crippen LogP contribution in [-0.2, 0) is 12.8 Å². The summed E-state index contributed by atoms with van der Waals surface area (Å²) >= 11 is 0. The predicted octanol–water partition coefficient (Wildman–Crippen LogP) is 6.30. The fraction of sp³-hybridized carbons (Fsp3) is 0.520. The van der Waals surface area contributed by atoms with Crippen LogP contribution in [0.1, 0.15) is 57.6 Å². The Morgan fingerprint density at radius 1 is 0.731 bits per heavy atom. The summed E-state index contributed by atoms with van der Waals surface area (Å²) in [6, 6.07) is 21.2. The number of hydrogen-bond donors (Lipinski definition) is 1. The van der Waals surface area contributed by atoms with Crippen molar-refractivity contribution in [2.75, 3.05) is 0 Å². The second kappa shape index (κ2) is 11.2. The summed E-state index contributed by atoms with van der Waals surface area (Å²) in [5.41, 5.74) is 2.69. The molecule has 0 unspecified atom stereocenters. The quantitative estimate of drug-likeness (QED) is 0.503. The lowest BCUT2D eigenvalue weighted by Crippen LogP contribution is -2.16. The van der Waals surface area contributed by atoms with Gasteiger partial charge in [-0.3, -0.25) is 0 Å². The van der Waals surface area contributed by atoms with E-state index in [-0.39, 0.29) is 6.10 Å². The minimum absolute atomic E-state index is 0.224. The van der Waals surface area contributed by atoms with E-state index < -0.39 is 0 Å². The molecule has 0 aliphatic rings. The standard InChI is InChI=1S/C25H36O/c1-20(2)24(18-22-12-6-4-7-13-22)16-10-11-21(3)17-25(26)19-23-14-8-5-9-15-23/h4-9,12-15,20-21,24-26H,10-11,16-19H2,1-3H3/t21-,24+,25-/m1/s1. The van der Waals surface area contributed by atoms with Crippen LogP contribution in [-0.4, -0.2) is 11.2 Å². The van der Waals surface area contributed by atoms with Gasteiger partial charge in [0, 0.05) is 0 Å². The van der Waals surface area contributed by atoms with Crippen molar-refractivity contribution in [1.29, 1.82) is 0 Å². The maximum absolute atomic E-state index is 10.4. The van der Waals surface area contributed by atoms with Gasteiger partial charge in [0.05, 0.1) is 6.10 Å². The Balaban J connectivity index is 1.70. The molecule has 0 saturated carbocycles. The number of benzene rings is 2. The number of hydrogen-bond acceptors (Lipinski definition) is 1. The molecule has 1 N–H and O–H groups in total. The zero-order valence-corrected chi connectivity index (χ0v) is 16.8. The third kappa shape index (κ3) is 7.74. The van der Waals surface area contributed by atoms with Gasteiger partial charge in [-0.1, -0.05) is 94.3 Å². The molecule has 142 valence electrons. The van der Waals surface area contributed by atoms with E-state index in [0.29, 0.717) is 11.8 Å². The zero-order valence-electron chi connectivity index (χ0n) is 16.8. The van der Waals surface area contributed by atoms with Crippen LogP contribution in [0.25, 0.3) is 0 Å². The molecule has 0 fully saturated rings. The van der Waals surface area contributed by atoms with E-state index in [4.69, 9.17) is 0 Å².